The van der Waals surface area contributed by atoms with Crippen molar-refractivity contribution in [3.05, 3.63) is 29.8 Å². The first-order valence-corrected chi connectivity index (χ1v) is 5.97. The summed E-state index contributed by atoms with van der Waals surface area (Å²) in [5.74, 6) is 0.982. The molecule has 0 saturated carbocycles. The van der Waals surface area contributed by atoms with Crippen molar-refractivity contribution in [2.75, 3.05) is 39.3 Å². The van der Waals surface area contributed by atoms with E-state index in [0.717, 1.165) is 45.1 Å². The number of hydrogen-bond donors (Lipinski definition) is 1. The van der Waals surface area contributed by atoms with E-state index in [1.807, 2.05) is 12.1 Å². The van der Waals surface area contributed by atoms with Gasteiger partial charge in [0.1, 0.15) is 12.4 Å². The molecule has 3 nitrogen and oxygen atoms in total. The molecule has 0 unspecified atom stereocenters. The molecule has 0 amide bonds. The third-order valence-corrected chi connectivity index (χ3v) is 2.88. The van der Waals surface area contributed by atoms with Crippen LogP contribution in [0.2, 0.25) is 0 Å². The quantitative estimate of drug-likeness (QED) is 0.888. The molecule has 0 atom stereocenters. The van der Waals surface area contributed by atoms with Gasteiger partial charge in [0, 0.05) is 32.7 Å². The van der Waals surface area contributed by atoms with E-state index in [0.29, 0.717) is 0 Å². The lowest BCUT2D eigenvalue weighted by Crippen LogP contribution is -2.44. The van der Waals surface area contributed by atoms with Gasteiger partial charge in [-0.25, -0.2) is 0 Å². The summed E-state index contributed by atoms with van der Waals surface area (Å²) in [6, 6.07) is 8.22. The van der Waals surface area contributed by atoms with Crippen molar-refractivity contribution in [3.8, 4) is 5.75 Å². The minimum absolute atomic E-state index is 0. The normalized spacial score (nSPS) is 16.3. The van der Waals surface area contributed by atoms with Crippen LogP contribution in [-0.4, -0.2) is 44.2 Å². The number of ether oxygens (including phenoxy) is 1. The van der Waals surface area contributed by atoms with Crippen LogP contribution in [0.5, 0.6) is 5.75 Å². The zero-order chi connectivity index (χ0) is 11.2. The Morgan fingerprint density at radius 1 is 1.29 bits per heavy atom. The second-order valence-electron chi connectivity index (χ2n) is 4.26. The Kier molecular flexibility index (Phi) is 6.34. The lowest BCUT2D eigenvalue weighted by atomic mass is 10.2. The van der Waals surface area contributed by atoms with Crippen molar-refractivity contribution in [2.45, 2.75) is 6.92 Å². The molecule has 4 heteroatoms. The van der Waals surface area contributed by atoms with Crippen molar-refractivity contribution in [1.29, 1.82) is 0 Å². The van der Waals surface area contributed by atoms with Crippen LogP contribution >= 0.6 is 12.4 Å². The number of benzene rings is 1. The number of piperazine rings is 1. The summed E-state index contributed by atoms with van der Waals surface area (Å²) in [6.45, 7) is 8.37. The molecular formula is C13H21ClN2O. The Hall–Kier alpha value is -0.770. The molecule has 1 aromatic carbocycles. The summed E-state index contributed by atoms with van der Waals surface area (Å²) in [4.78, 5) is 2.44. The standard InChI is InChI=1S/C13H20N2O.ClH/c1-12-3-2-4-13(11-12)16-10-9-15-7-5-14-6-8-15;/h2-4,11,14H,5-10H2,1H3;1H. The third-order valence-electron chi connectivity index (χ3n) is 2.88. The van der Waals surface area contributed by atoms with E-state index < -0.39 is 0 Å². The van der Waals surface area contributed by atoms with Crippen molar-refractivity contribution in [2.24, 2.45) is 0 Å². The molecule has 1 aliphatic rings. The number of nitrogens with zero attached hydrogens (tertiary/aromatic N) is 1. The maximum Gasteiger partial charge on any atom is 0.119 e. The van der Waals surface area contributed by atoms with E-state index in [1.165, 1.54) is 5.56 Å². The number of halogens is 1. The molecule has 1 N–H and O–H groups in total. The van der Waals surface area contributed by atoms with E-state index in [4.69, 9.17) is 4.74 Å². The summed E-state index contributed by atoms with van der Waals surface area (Å²) in [7, 11) is 0. The van der Waals surface area contributed by atoms with E-state index in [9.17, 15) is 0 Å². The van der Waals surface area contributed by atoms with Crippen molar-refractivity contribution in [1.82, 2.24) is 10.2 Å². The second-order valence-corrected chi connectivity index (χ2v) is 4.26. The third kappa shape index (κ3) is 4.94. The monoisotopic (exact) mass is 256 g/mol. The fourth-order valence-corrected chi connectivity index (χ4v) is 1.93. The molecule has 0 aromatic heterocycles. The Morgan fingerprint density at radius 3 is 2.76 bits per heavy atom. The van der Waals surface area contributed by atoms with Gasteiger partial charge in [-0.2, -0.15) is 0 Å². The highest BCUT2D eigenvalue weighted by atomic mass is 35.5. The Labute approximate surface area is 110 Å². The highest BCUT2D eigenvalue weighted by Gasteiger charge is 2.08. The van der Waals surface area contributed by atoms with Gasteiger partial charge in [-0.1, -0.05) is 12.1 Å². The van der Waals surface area contributed by atoms with Crippen molar-refractivity contribution in [3.63, 3.8) is 0 Å². The van der Waals surface area contributed by atoms with Crippen LogP contribution in [0.25, 0.3) is 0 Å². The molecule has 1 fully saturated rings. The molecule has 0 spiro atoms. The minimum Gasteiger partial charge on any atom is -0.492 e. The SMILES string of the molecule is Cc1cccc(OCCN2CCNCC2)c1.Cl. The fraction of sp³-hybridized carbons (Fsp3) is 0.538. The van der Waals surface area contributed by atoms with Gasteiger partial charge in [0.2, 0.25) is 0 Å². The smallest absolute Gasteiger partial charge is 0.119 e. The highest BCUT2D eigenvalue weighted by Crippen LogP contribution is 2.12. The van der Waals surface area contributed by atoms with Crippen molar-refractivity contribution >= 4 is 12.4 Å². The predicted molar refractivity (Wildman–Crippen MR) is 73.2 cm³/mol. The van der Waals surface area contributed by atoms with Gasteiger partial charge in [0.15, 0.2) is 0 Å². The van der Waals surface area contributed by atoms with Crippen LogP contribution in [0.15, 0.2) is 24.3 Å². The van der Waals surface area contributed by atoms with Gasteiger partial charge >= 0.3 is 0 Å². The summed E-state index contributed by atoms with van der Waals surface area (Å²) in [5, 5.41) is 3.35. The van der Waals surface area contributed by atoms with E-state index in [-0.39, 0.29) is 12.4 Å². The molecule has 2 rings (SSSR count). The number of aryl methyl sites for hydroxylation is 1. The summed E-state index contributed by atoms with van der Waals surface area (Å²) >= 11 is 0. The summed E-state index contributed by atoms with van der Waals surface area (Å²) < 4.78 is 5.73. The first-order chi connectivity index (χ1) is 7.84. The minimum atomic E-state index is 0. The number of rotatable bonds is 4. The maximum absolute atomic E-state index is 5.73. The molecule has 0 bridgehead atoms. The summed E-state index contributed by atoms with van der Waals surface area (Å²) in [5.41, 5.74) is 1.25. The first kappa shape index (κ1) is 14.3. The zero-order valence-corrected chi connectivity index (χ0v) is 11.1. The van der Waals surface area contributed by atoms with Crippen molar-refractivity contribution < 1.29 is 4.74 Å². The van der Waals surface area contributed by atoms with Gasteiger partial charge in [-0.3, -0.25) is 4.90 Å². The highest BCUT2D eigenvalue weighted by molar-refractivity contribution is 5.85. The molecule has 1 aromatic rings. The topological polar surface area (TPSA) is 24.5 Å². The zero-order valence-electron chi connectivity index (χ0n) is 10.3. The van der Waals surface area contributed by atoms with E-state index in [1.54, 1.807) is 0 Å². The molecule has 17 heavy (non-hydrogen) atoms. The molecule has 96 valence electrons. The van der Waals surface area contributed by atoms with E-state index >= 15 is 0 Å². The molecule has 1 heterocycles. The van der Waals surface area contributed by atoms with Gasteiger partial charge < -0.3 is 10.1 Å². The lowest BCUT2D eigenvalue weighted by Gasteiger charge is -2.26. The van der Waals surface area contributed by atoms with Crippen LogP contribution < -0.4 is 10.1 Å². The Bertz CT molecular complexity index is 327. The average Bonchev–Trinajstić information content (AvgIpc) is 2.30. The van der Waals surface area contributed by atoms with Gasteiger partial charge in [-0.15, -0.1) is 12.4 Å². The molecule has 1 saturated heterocycles. The Balaban J connectivity index is 0.00000144. The lowest BCUT2D eigenvalue weighted by molar-refractivity contribution is 0.191. The average molecular weight is 257 g/mol. The number of hydrogen-bond acceptors (Lipinski definition) is 3. The molecule has 0 aliphatic carbocycles. The summed E-state index contributed by atoms with van der Waals surface area (Å²) in [6.07, 6.45) is 0. The Morgan fingerprint density at radius 2 is 2.06 bits per heavy atom. The van der Waals surface area contributed by atoms with E-state index in [2.05, 4.69) is 29.3 Å². The molecule has 0 radical (unpaired) electrons. The van der Waals surface area contributed by atoms with Gasteiger partial charge in [-0.05, 0) is 24.6 Å². The second kappa shape index (κ2) is 7.54. The fourth-order valence-electron chi connectivity index (χ4n) is 1.93. The van der Waals surface area contributed by atoms with Crippen LogP contribution in [0.1, 0.15) is 5.56 Å². The van der Waals surface area contributed by atoms with Gasteiger partial charge in [0.25, 0.3) is 0 Å². The largest absolute Gasteiger partial charge is 0.492 e. The maximum atomic E-state index is 5.73. The van der Waals surface area contributed by atoms with Gasteiger partial charge in [0.05, 0.1) is 0 Å². The van der Waals surface area contributed by atoms with Crippen LogP contribution in [0.4, 0.5) is 0 Å². The molecular weight excluding hydrogens is 236 g/mol. The number of nitrogens with one attached hydrogen (secondary N) is 1. The molecule has 1 aliphatic heterocycles. The predicted octanol–water partition coefficient (Wildman–Crippen LogP) is 1.70. The van der Waals surface area contributed by atoms with Crippen LogP contribution in [-0.2, 0) is 0 Å². The first-order valence-electron chi connectivity index (χ1n) is 5.97. The van der Waals surface area contributed by atoms with Crippen LogP contribution in [0, 0.1) is 6.92 Å². The van der Waals surface area contributed by atoms with Crippen LogP contribution in [0.3, 0.4) is 0 Å².